The van der Waals surface area contributed by atoms with Crippen LogP contribution in [0.1, 0.15) is 26.7 Å². The minimum atomic E-state index is -3.80. The van der Waals surface area contributed by atoms with Gasteiger partial charge < -0.3 is 19.6 Å². The number of furan rings is 1. The van der Waals surface area contributed by atoms with Gasteiger partial charge in [-0.25, -0.2) is 17.5 Å². The van der Waals surface area contributed by atoms with Crippen molar-refractivity contribution in [2.45, 2.75) is 11.4 Å². The Hall–Kier alpha value is -2.85. The number of carbonyl (C=O) groups is 2. The molecule has 2 aromatic rings. The standard InChI is InChI=1S/C16H18N2O7S/c1-18(2)26(22,23)14-8-10(4-6-12(14)24-3)15(19)17-9-11-5-7-13(25-11)16(20)21/h4-8H,9H2,1-3H3,(H,17,19)(H,20,21). The second kappa shape index (κ2) is 7.58. The molecule has 0 aliphatic rings. The molecule has 2 N–H and O–H groups in total. The third kappa shape index (κ3) is 4.03. The molecule has 1 heterocycles. The largest absolute Gasteiger partial charge is 0.495 e. The van der Waals surface area contributed by atoms with Crippen LogP contribution in [0.2, 0.25) is 0 Å². The molecule has 0 unspecified atom stereocenters. The molecule has 0 saturated carbocycles. The number of sulfonamides is 1. The van der Waals surface area contributed by atoms with Gasteiger partial charge in [0.05, 0.1) is 13.7 Å². The highest BCUT2D eigenvalue weighted by Gasteiger charge is 2.24. The summed E-state index contributed by atoms with van der Waals surface area (Å²) in [7, 11) is 0.277. The second-order valence-electron chi connectivity index (χ2n) is 5.41. The van der Waals surface area contributed by atoms with E-state index in [1.807, 2.05) is 0 Å². The van der Waals surface area contributed by atoms with Gasteiger partial charge in [0.15, 0.2) is 0 Å². The molecule has 10 heteroatoms. The summed E-state index contributed by atoms with van der Waals surface area (Å²) in [6, 6.07) is 6.74. The first-order valence-corrected chi connectivity index (χ1v) is 8.81. The number of rotatable bonds is 7. The smallest absolute Gasteiger partial charge is 0.371 e. The van der Waals surface area contributed by atoms with Crippen molar-refractivity contribution in [2.24, 2.45) is 0 Å². The van der Waals surface area contributed by atoms with Gasteiger partial charge in [0.2, 0.25) is 15.8 Å². The van der Waals surface area contributed by atoms with Gasteiger partial charge in [0.1, 0.15) is 16.4 Å². The SMILES string of the molecule is COc1ccc(C(=O)NCc2ccc(C(=O)O)o2)cc1S(=O)(=O)N(C)C. The molecular weight excluding hydrogens is 364 g/mol. The summed E-state index contributed by atoms with van der Waals surface area (Å²) in [6.45, 7) is -0.0477. The Morgan fingerprint density at radius 3 is 2.46 bits per heavy atom. The Labute approximate surface area is 150 Å². The molecular formula is C16H18N2O7S. The summed E-state index contributed by atoms with van der Waals surface area (Å²) in [4.78, 5) is 22.9. The molecule has 140 valence electrons. The monoisotopic (exact) mass is 382 g/mol. The number of hydrogen-bond acceptors (Lipinski definition) is 6. The highest BCUT2D eigenvalue weighted by molar-refractivity contribution is 7.89. The molecule has 1 aromatic heterocycles. The minimum absolute atomic E-state index is 0.0477. The third-order valence-electron chi connectivity index (χ3n) is 3.48. The Bertz CT molecular complexity index is 932. The van der Waals surface area contributed by atoms with Crippen LogP contribution in [0.25, 0.3) is 0 Å². The number of benzene rings is 1. The number of nitrogens with zero attached hydrogens (tertiary/aromatic N) is 1. The number of amides is 1. The zero-order valence-corrected chi connectivity index (χ0v) is 15.2. The van der Waals surface area contributed by atoms with Gasteiger partial charge in [-0.3, -0.25) is 4.79 Å². The molecule has 0 fully saturated rings. The van der Waals surface area contributed by atoms with E-state index in [1.165, 1.54) is 51.5 Å². The molecule has 0 aliphatic heterocycles. The topological polar surface area (TPSA) is 126 Å². The average Bonchev–Trinajstić information content (AvgIpc) is 3.08. The van der Waals surface area contributed by atoms with Gasteiger partial charge in [-0.1, -0.05) is 0 Å². The van der Waals surface area contributed by atoms with Crippen LogP contribution in [-0.2, 0) is 16.6 Å². The predicted molar refractivity (Wildman–Crippen MR) is 90.7 cm³/mol. The normalized spacial score (nSPS) is 11.4. The number of carboxylic acids is 1. The first-order chi connectivity index (χ1) is 12.2. The summed E-state index contributed by atoms with van der Waals surface area (Å²) in [5.41, 5.74) is 0.108. The van der Waals surface area contributed by atoms with Crippen LogP contribution in [0.4, 0.5) is 0 Å². The zero-order chi connectivity index (χ0) is 19.5. The number of methoxy groups -OCH3 is 1. The lowest BCUT2D eigenvalue weighted by Gasteiger charge is -2.15. The minimum Gasteiger partial charge on any atom is -0.495 e. The van der Waals surface area contributed by atoms with Crippen molar-refractivity contribution < 1.29 is 32.3 Å². The first kappa shape index (κ1) is 19.5. The quantitative estimate of drug-likeness (QED) is 0.736. The molecule has 26 heavy (non-hydrogen) atoms. The maximum atomic E-state index is 12.4. The van der Waals surface area contributed by atoms with Crippen molar-refractivity contribution in [3.63, 3.8) is 0 Å². The average molecular weight is 382 g/mol. The fraction of sp³-hybridized carbons (Fsp3) is 0.250. The number of aromatic carboxylic acids is 1. The lowest BCUT2D eigenvalue weighted by atomic mass is 10.2. The van der Waals surface area contributed by atoms with Crippen molar-refractivity contribution in [2.75, 3.05) is 21.2 Å². The maximum absolute atomic E-state index is 12.4. The molecule has 1 amide bonds. The summed E-state index contributed by atoms with van der Waals surface area (Å²) >= 11 is 0. The van der Waals surface area contributed by atoms with Crippen LogP contribution in [0.5, 0.6) is 5.75 Å². The first-order valence-electron chi connectivity index (χ1n) is 7.37. The van der Waals surface area contributed by atoms with Crippen molar-refractivity contribution >= 4 is 21.9 Å². The highest BCUT2D eigenvalue weighted by atomic mass is 32.2. The van der Waals surface area contributed by atoms with Crippen molar-refractivity contribution in [1.29, 1.82) is 0 Å². The number of ether oxygens (including phenoxy) is 1. The molecule has 1 aromatic carbocycles. The van der Waals surface area contributed by atoms with Crippen molar-refractivity contribution in [3.8, 4) is 5.75 Å². The fourth-order valence-electron chi connectivity index (χ4n) is 2.07. The van der Waals surface area contributed by atoms with Crippen LogP contribution in [-0.4, -0.2) is 50.9 Å². The Kier molecular flexibility index (Phi) is 5.68. The van der Waals surface area contributed by atoms with E-state index in [2.05, 4.69) is 5.32 Å². The number of nitrogens with one attached hydrogen (secondary N) is 1. The summed E-state index contributed by atoms with van der Waals surface area (Å²) in [6.07, 6.45) is 0. The molecule has 0 atom stereocenters. The molecule has 0 aliphatic carbocycles. The Balaban J connectivity index is 2.22. The van der Waals surface area contributed by atoms with Gasteiger partial charge >= 0.3 is 5.97 Å². The van der Waals surface area contributed by atoms with Gasteiger partial charge in [-0.15, -0.1) is 0 Å². The van der Waals surface area contributed by atoms with E-state index in [4.69, 9.17) is 14.3 Å². The molecule has 0 bridgehead atoms. The van der Waals surface area contributed by atoms with Gasteiger partial charge in [-0.05, 0) is 30.3 Å². The van der Waals surface area contributed by atoms with E-state index in [1.54, 1.807) is 0 Å². The summed E-state index contributed by atoms with van der Waals surface area (Å²) < 4.78 is 35.9. The van der Waals surface area contributed by atoms with E-state index >= 15 is 0 Å². The second-order valence-corrected chi connectivity index (χ2v) is 7.53. The summed E-state index contributed by atoms with van der Waals surface area (Å²) in [5, 5.41) is 11.3. The lowest BCUT2D eigenvalue weighted by Crippen LogP contribution is -2.25. The van der Waals surface area contributed by atoms with Crippen molar-refractivity contribution in [3.05, 3.63) is 47.4 Å². The van der Waals surface area contributed by atoms with Crippen LogP contribution >= 0.6 is 0 Å². The number of carbonyl (C=O) groups excluding carboxylic acids is 1. The molecule has 9 nitrogen and oxygen atoms in total. The van der Waals surface area contributed by atoms with Crippen LogP contribution in [0.3, 0.4) is 0 Å². The van der Waals surface area contributed by atoms with E-state index in [0.717, 1.165) is 4.31 Å². The Morgan fingerprint density at radius 2 is 1.92 bits per heavy atom. The van der Waals surface area contributed by atoms with Gasteiger partial charge in [0.25, 0.3) is 5.91 Å². The van der Waals surface area contributed by atoms with E-state index in [9.17, 15) is 18.0 Å². The van der Waals surface area contributed by atoms with E-state index < -0.39 is 21.9 Å². The Morgan fingerprint density at radius 1 is 1.23 bits per heavy atom. The van der Waals surface area contributed by atoms with Crippen LogP contribution < -0.4 is 10.1 Å². The molecule has 2 rings (SSSR count). The number of hydrogen-bond donors (Lipinski definition) is 2. The maximum Gasteiger partial charge on any atom is 0.371 e. The summed E-state index contributed by atoms with van der Waals surface area (Å²) in [5.74, 6) is -1.62. The van der Waals surface area contributed by atoms with Crippen LogP contribution in [0, 0.1) is 0 Å². The fourth-order valence-corrected chi connectivity index (χ4v) is 3.15. The zero-order valence-electron chi connectivity index (χ0n) is 14.3. The predicted octanol–water partition coefficient (Wildman–Crippen LogP) is 1.17. The highest BCUT2D eigenvalue weighted by Crippen LogP contribution is 2.26. The third-order valence-corrected chi connectivity index (χ3v) is 5.32. The molecule has 0 saturated heterocycles. The number of carboxylic acid groups (broad SMARTS) is 1. The van der Waals surface area contributed by atoms with Gasteiger partial charge in [-0.2, -0.15) is 0 Å². The molecule has 0 radical (unpaired) electrons. The lowest BCUT2D eigenvalue weighted by molar-refractivity contribution is 0.0660. The van der Waals surface area contributed by atoms with E-state index in [0.29, 0.717) is 0 Å². The van der Waals surface area contributed by atoms with Gasteiger partial charge in [0, 0.05) is 19.7 Å². The van der Waals surface area contributed by atoms with Crippen molar-refractivity contribution in [1.82, 2.24) is 9.62 Å². The van der Waals surface area contributed by atoms with E-state index in [-0.39, 0.29) is 34.3 Å². The molecule has 0 spiro atoms. The van der Waals surface area contributed by atoms with Crippen LogP contribution in [0.15, 0.2) is 39.6 Å².